The summed E-state index contributed by atoms with van der Waals surface area (Å²) in [4.78, 5) is 0. The maximum atomic E-state index is 5.62. The zero-order chi connectivity index (χ0) is 13.0. The molecule has 0 aromatic heterocycles. The molecule has 106 valence electrons. The van der Waals surface area contributed by atoms with E-state index in [1.54, 1.807) is 0 Å². The molecule has 0 aromatic rings. The molecule has 1 N–H and O–H groups in total. The minimum atomic E-state index is 0.706. The molecule has 1 aliphatic carbocycles. The van der Waals surface area contributed by atoms with Crippen molar-refractivity contribution in [3.63, 3.8) is 0 Å². The van der Waals surface area contributed by atoms with Gasteiger partial charge in [-0.05, 0) is 56.4 Å². The predicted molar refractivity (Wildman–Crippen MR) is 76.7 cm³/mol. The largest absolute Gasteiger partial charge is 0.381 e. The molecule has 0 amide bonds. The van der Waals surface area contributed by atoms with Gasteiger partial charge in [0.25, 0.3) is 0 Å². The van der Waals surface area contributed by atoms with Crippen molar-refractivity contribution < 1.29 is 4.74 Å². The van der Waals surface area contributed by atoms with Gasteiger partial charge in [0.05, 0.1) is 6.61 Å². The average Bonchev–Trinajstić information content (AvgIpc) is 2.82. The van der Waals surface area contributed by atoms with E-state index in [9.17, 15) is 0 Å². The Morgan fingerprint density at radius 3 is 2.39 bits per heavy atom. The van der Waals surface area contributed by atoms with Crippen molar-refractivity contribution in [1.82, 2.24) is 5.32 Å². The first-order valence-corrected chi connectivity index (χ1v) is 8.01. The molecule has 0 radical (unpaired) electrons. The van der Waals surface area contributed by atoms with Gasteiger partial charge in [0.15, 0.2) is 0 Å². The van der Waals surface area contributed by atoms with Crippen LogP contribution < -0.4 is 5.32 Å². The van der Waals surface area contributed by atoms with Crippen molar-refractivity contribution in [2.24, 2.45) is 23.7 Å². The lowest BCUT2D eigenvalue weighted by atomic mass is 9.71. The lowest BCUT2D eigenvalue weighted by molar-refractivity contribution is 0.125. The van der Waals surface area contributed by atoms with Gasteiger partial charge in [-0.25, -0.2) is 0 Å². The monoisotopic (exact) mass is 253 g/mol. The summed E-state index contributed by atoms with van der Waals surface area (Å²) < 4.78 is 5.62. The van der Waals surface area contributed by atoms with Crippen LogP contribution in [0.4, 0.5) is 0 Å². The molecule has 1 aliphatic heterocycles. The van der Waals surface area contributed by atoms with Gasteiger partial charge in [-0.2, -0.15) is 0 Å². The Morgan fingerprint density at radius 1 is 1.11 bits per heavy atom. The van der Waals surface area contributed by atoms with Crippen molar-refractivity contribution in [1.29, 1.82) is 0 Å². The van der Waals surface area contributed by atoms with Crippen LogP contribution in [0.1, 0.15) is 52.9 Å². The maximum absolute atomic E-state index is 5.62. The molecule has 4 atom stereocenters. The zero-order valence-electron chi connectivity index (χ0n) is 12.5. The fraction of sp³-hybridized carbons (Fsp3) is 1.00. The Labute approximate surface area is 113 Å². The third kappa shape index (κ3) is 3.71. The van der Waals surface area contributed by atoms with Crippen molar-refractivity contribution in [2.75, 3.05) is 19.8 Å². The molecule has 2 heteroatoms. The third-order valence-electron chi connectivity index (χ3n) is 4.83. The third-order valence-corrected chi connectivity index (χ3v) is 4.83. The van der Waals surface area contributed by atoms with Crippen LogP contribution in [-0.2, 0) is 4.74 Å². The first-order valence-electron chi connectivity index (χ1n) is 8.01. The minimum Gasteiger partial charge on any atom is -0.381 e. The van der Waals surface area contributed by atoms with E-state index < -0.39 is 0 Å². The van der Waals surface area contributed by atoms with E-state index in [0.717, 1.165) is 36.9 Å². The van der Waals surface area contributed by atoms with E-state index >= 15 is 0 Å². The second-order valence-corrected chi connectivity index (χ2v) is 6.78. The minimum absolute atomic E-state index is 0.706. The Kier molecular flexibility index (Phi) is 5.50. The van der Waals surface area contributed by atoms with Crippen LogP contribution in [0.25, 0.3) is 0 Å². The standard InChI is InChI=1S/C16H31NO/c1-4-6-17-16(14-5-7-18-11-14)15-9-12(2)8-13(3)10-15/h12-17H,4-11H2,1-3H3. The van der Waals surface area contributed by atoms with Gasteiger partial charge >= 0.3 is 0 Å². The highest BCUT2D eigenvalue weighted by atomic mass is 16.5. The average molecular weight is 253 g/mol. The molecule has 1 heterocycles. The second-order valence-electron chi connectivity index (χ2n) is 6.78. The fourth-order valence-corrected chi connectivity index (χ4v) is 4.17. The number of hydrogen-bond acceptors (Lipinski definition) is 2. The van der Waals surface area contributed by atoms with Crippen LogP contribution in [0.5, 0.6) is 0 Å². The van der Waals surface area contributed by atoms with E-state index in [1.165, 1.54) is 38.6 Å². The van der Waals surface area contributed by atoms with Crippen molar-refractivity contribution in [3.05, 3.63) is 0 Å². The van der Waals surface area contributed by atoms with Gasteiger partial charge in [0, 0.05) is 18.6 Å². The molecule has 0 bridgehead atoms. The molecule has 0 aromatic carbocycles. The van der Waals surface area contributed by atoms with Crippen LogP contribution in [0.3, 0.4) is 0 Å². The summed E-state index contributed by atoms with van der Waals surface area (Å²) in [5.74, 6) is 3.46. The highest BCUT2D eigenvalue weighted by Crippen LogP contribution is 2.37. The quantitative estimate of drug-likeness (QED) is 0.810. The van der Waals surface area contributed by atoms with Gasteiger partial charge in [0.2, 0.25) is 0 Å². The summed E-state index contributed by atoms with van der Waals surface area (Å²) in [6.45, 7) is 10.3. The highest BCUT2D eigenvalue weighted by molar-refractivity contribution is 4.89. The highest BCUT2D eigenvalue weighted by Gasteiger charge is 2.35. The molecule has 1 saturated carbocycles. The zero-order valence-corrected chi connectivity index (χ0v) is 12.5. The molecule has 2 nitrogen and oxygen atoms in total. The van der Waals surface area contributed by atoms with Gasteiger partial charge < -0.3 is 10.1 Å². The van der Waals surface area contributed by atoms with Gasteiger partial charge in [-0.1, -0.05) is 20.8 Å². The van der Waals surface area contributed by atoms with Crippen LogP contribution in [0, 0.1) is 23.7 Å². The molecule has 2 rings (SSSR count). The van der Waals surface area contributed by atoms with Crippen LogP contribution >= 0.6 is 0 Å². The van der Waals surface area contributed by atoms with Crippen LogP contribution in [0.15, 0.2) is 0 Å². The molecule has 2 fully saturated rings. The van der Waals surface area contributed by atoms with Crippen molar-refractivity contribution in [3.8, 4) is 0 Å². The number of nitrogens with one attached hydrogen (secondary N) is 1. The molecule has 18 heavy (non-hydrogen) atoms. The van der Waals surface area contributed by atoms with Gasteiger partial charge in [-0.3, -0.25) is 0 Å². The normalized spacial score (nSPS) is 38.8. The number of rotatable bonds is 5. The Hall–Kier alpha value is -0.0800. The second kappa shape index (κ2) is 6.91. The van der Waals surface area contributed by atoms with Crippen LogP contribution in [0.2, 0.25) is 0 Å². The van der Waals surface area contributed by atoms with Gasteiger partial charge in [0.1, 0.15) is 0 Å². The van der Waals surface area contributed by atoms with E-state index in [0.29, 0.717) is 6.04 Å². The molecular weight excluding hydrogens is 222 g/mol. The van der Waals surface area contributed by atoms with E-state index in [2.05, 4.69) is 26.1 Å². The summed E-state index contributed by atoms with van der Waals surface area (Å²) in [5.41, 5.74) is 0. The predicted octanol–water partition coefficient (Wildman–Crippen LogP) is 3.46. The summed E-state index contributed by atoms with van der Waals surface area (Å²) in [5, 5.41) is 3.84. The topological polar surface area (TPSA) is 21.3 Å². The van der Waals surface area contributed by atoms with Gasteiger partial charge in [-0.15, -0.1) is 0 Å². The number of ether oxygens (including phenoxy) is 1. The lowest BCUT2D eigenvalue weighted by Crippen LogP contribution is -2.45. The smallest absolute Gasteiger partial charge is 0.0510 e. The van der Waals surface area contributed by atoms with Crippen molar-refractivity contribution >= 4 is 0 Å². The Morgan fingerprint density at radius 2 is 1.83 bits per heavy atom. The lowest BCUT2D eigenvalue weighted by Gasteiger charge is -2.39. The van der Waals surface area contributed by atoms with Crippen LogP contribution in [-0.4, -0.2) is 25.8 Å². The number of hydrogen-bond donors (Lipinski definition) is 1. The van der Waals surface area contributed by atoms with E-state index in [-0.39, 0.29) is 0 Å². The SMILES string of the molecule is CCCNC(C1CCOC1)C1CC(C)CC(C)C1. The summed E-state index contributed by atoms with van der Waals surface area (Å²) in [6, 6.07) is 0.706. The summed E-state index contributed by atoms with van der Waals surface area (Å²) in [6.07, 6.45) is 6.77. The Balaban J connectivity index is 1.97. The van der Waals surface area contributed by atoms with E-state index in [1.807, 2.05) is 0 Å². The first-order chi connectivity index (χ1) is 8.70. The van der Waals surface area contributed by atoms with Crippen molar-refractivity contribution in [2.45, 2.75) is 58.9 Å². The maximum Gasteiger partial charge on any atom is 0.0510 e. The Bertz CT molecular complexity index is 227. The molecule has 0 spiro atoms. The molecule has 1 saturated heterocycles. The summed E-state index contributed by atoms with van der Waals surface area (Å²) >= 11 is 0. The summed E-state index contributed by atoms with van der Waals surface area (Å²) in [7, 11) is 0. The molecular formula is C16H31NO. The van der Waals surface area contributed by atoms with E-state index in [4.69, 9.17) is 4.74 Å². The molecule has 4 unspecified atom stereocenters. The first kappa shape index (κ1) is 14.3. The fourth-order valence-electron chi connectivity index (χ4n) is 4.17. The molecule has 2 aliphatic rings.